The highest BCUT2D eigenvalue weighted by Gasteiger charge is 2.16. The number of nitrogens with one attached hydrogen (secondary N) is 1. The maximum absolute atomic E-state index is 13.0. The number of rotatable bonds is 5. The zero-order valence-corrected chi connectivity index (χ0v) is 12.3. The van der Waals surface area contributed by atoms with Gasteiger partial charge in [-0.15, -0.1) is 0 Å². The molecule has 6 heteroatoms. The van der Waals surface area contributed by atoms with Crippen LogP contribution in [0.25, 0.3) is 0 Å². The van der Waals surface area contributed by atoms with Gasteiger partial charge in [0.1, 0.15) is 11.6 Å². The summed E-state index contributed by atoms with van der Waals surface area (Å²) >= 11 is 0. The van der Waals surface area contributed by atoms with Crippen LogP contribution >= 0.6 is 0 Å². The maximum atomic E-state index is 13.0. The predicted molar refractivity (Wildman–Crippen MR) is 76.4 cm³/mol. The van der Waals surface area contributed by atoms with Crippen molar-refractivity contribution < 1.29 is 17.2 Å². The second-order valence-electron chi connectivity index (χ2n) is 4.68. The monoisotopic (exact) mass is 311 g/mol. The molecule has 0 bridgehead atoms. The van der Waals surface area contributed by atoms with Crippen LogP contribution in [0.2, 0.25) is 0 Å². The molecule has 2 aromatic carbocycles. The van der Waals surface area contributed by atoms with Gasteiger partial charge in [-0.05, 0) is 54.8 Å². The molecule has 0 heterocycles. The van der Waals surface area contributed by atoms with Gasteiger partial charge in [0.05, 0.1) is 4.90 Å². The van der Waals surface area contributed by atoms with Crippen LogP contribution in [-0.4, -0.2) is 15.0 Å². The topological polar surface area (TPSA) is 46.2 Å². The van der Waals surface area contributed by atoms with E-state index in [1.165, 1.54) is 31.2 Å². The summed E-state index contributed by atoms with van der Waals surface area (Å²) in [7, 11) is -3.68. The molecule has 2 rings (SSSR count). The van der Waals surface area contributed by atoms with Crippen molar-refractivity contribution >= 4 is 10.0 Å². The van der Waals surface area contributed by atoms with Crippen molar-refractivity contribution in [3.63, 3.8) is 0 Å². The SMILES string of the molecule is Cc1cc(F)ccc1S(=O)(=O)NCCc1ccc(F)cc1. The van der Waals surface area contributed by atoms with Crippen LogP contribution in [0, 0.1) is 18.6 Å². The number of sulfonamides is 1. The van der Waals surface area contributed by atoms with Gasteiger partial charge in [-0.25, -0.2) is 21.9 Å². The van der Waals surface area contributed by atoms with Crippen molar-refractivity contribution in [1.29, 1.82) is 0 Å². The van der Waals surface area contributed by atoms with Crippen LogP contribution < -0.4 is 4.72 Å². The van der Waals surface area contributed by atoms with Crippen molar-refractivity contribution in [1.82, 2.24) is 4.72 Å². The minimum absolute atomic E-state index is 0.0583. The summed E-state index contributed by atoms with van der Waals surface area (Å²) < 4.78 is 52.4. The summed E-state index contributed by atoms with van der Waals surface area (Å²) in [5.41, 5.74) is 1.18. The standard InChI is InChI=1S/C15H15F2NO2S/c1-11-10-14(17)6-7-15(11)21(19,20)18-9-8-12-2-4-13(16)5-3-12/h2-7,10,18H,8-9H2,1H3. The third-order valence-corrected chi connectivity index (χ3v) is 4.67. The molecule has 112 valence electrons. The number of aryl methyl sites for hydroxylation is 1. The lowest BCUT2D eigenvalue weighted by atomic mass is 10.1. The Morgan fingerprint density at radius 2 is 1.62 bits per heavy atom. The number of benzene rings is 2. The molecule has 0 aliphatic rings. The molecule has 2 aromatic rings. The van der Waals surface area contributed by atoms with E-state index in [1.807, 2.05) is 0 Å². The van der Waals surface area contributed by atoms with E-state index in [0.717, 1.165) is 11.6 Å². The van der Waals surface area contributed by atoms with Crippen LogP contribution in [0.5, 0.6) is 0 Å². The fraction of sp³-hybridized carbons (Fsp3) is 0.200. The first kappa shape index (κ1) is 15.6. The van der Waals surface area contributed by atoms with Gasteiger partial charge in [-0.2, -0.15) is 0 Å². The Bertz CT molecular complexity index is 728. The number of halogens is 2. The van der Waals surface area contributed by atoms with Crippen LogP contribution in [0.3, 0.4) is 0 Å². The molecule has 0 saturated carbocycles. The second kappa shape index (κ2) is 6.32. The molecule has 0 radical (unpaired) electrons. The number of hydrogen-bond acceptors (Lipinski definition) is 2. The highest BCUT2D eigenvalue weighted by molar-refractivity contribution is 7.89. The number of hydrogen-bond donors (Lipinski definition) is 1. The quantitative estimate of drug-likeness (QED) is 0.923. The minimum Gasteiger partial charge on any atom is -0.211 e. The molecular formula is C15H15F2NO2S. The molecule has 3 nitrogen and oxygen atoms in total. The van der Waals surface area contributed by atoms with Gasteiger partial charge < -0.3 is 0 Å². The van der Waals surface area contributed by atoms with E-state index in [4.69, 9.17) is 0 Å². The summed E-state index contributed by atoms with van der Waals surface area (Å²) in [4.78, 5) is 0.0583. The van der Waals surface area contributed by atoms with Gasteiger partial charge in [-0.1, -0.05) is 12.1 Å². The molecule has 0 aliphatic heterocycles. The average Bonchev–Trinajstić information content (AvgIpc) is 2.40. The Morgan fingerprint density at radius 3 is 2.24 bits per heavy atom. The van der Waals surface area contributed by atoms with Gasteiger partial charge in [-0.3, -0.25) is 0 Å². The average molecular weight is 311 g/mol. The Morgan fingerprint density at radius 1 is 1.00 bits per heavy atom. The zero-order chi connectivity index (χ0) is 15.5. The van der Waals surface area contributed by atoms with E-state index >= 15 is 0 Å². The highest BCUT2D eigenvalue weighted by Crippen LogP contribution is 2.15. The molecular weight excluding hydrogens is 296 g/mol. The summed E-state index contributed by atoms with van der Waals surface area (Å²) in [6, 6.07) is 9.39. The Labute approximate surface area is 122 Å². The van der Waals surface area contributed by atoms with Crippen molar-refractivity contribution in [2.45, 2.75) is 18.2 Å². The molecule has 0 amide bonds. The van der Waals surface area contributed by atoms with E-state index in [9.17, 15) is 17.2 Å². The molecule has 0 unspecified atom stereocenters. The molecule has 1 N–H and O–H groups in total. The maximum Gasteiger partial charge on any atom is 0.240 e. The second-order valence-corrected chi connectivity index (χ2v) is 6.42. The van der Waals surface area contributed by atoms with Gasteiger partial charge >= 0.3 is 0 Å². The molecule has 0 aliphatic carbocycles. The van der Waals surface area contributed by atoms with E-state index in [2.05, 4.69) is 4.72 Å². The van der Waals surface area contributed by atoms with Gasteiger partial charge in [0.25, 0.3) is 0 Å². The van der Waals surface area contributed by atoms with Crippen molar-refractivity contribution in [2.75, 3.05) is 6.54 Å². The van der Waals surface area contributed by atoms with Crippen molar-refractivity contribution in [3.8, 4) is 0 Å². The largest absolute Gasteiger partial charge is 0.240 e. The van der Waals surface area contributed by atoms with Crippen molar-refractivity contribution in [2.24, 2.45) is 0 Å². The molecule has 0 saturated heterocycles. The van der Waals surface area contributed by atoms with Crippen LogP contribution in [-0.2, 0) is 16.4 Å². The molecule has 0 aromatic heterocycles. The van der Waals surface area contributed by atoms with Crippen molar-refractivity contribution in [3.05, 3.63) is 65.2 Å². The lowest BCUT2D eigenvalue weighted by Gasteiger charge is -2.09. The predicted octanol–water partition coefficient (Wildman–Crippen LogP) is 2.79. The zero-order valence-electron chi connectivity index (χ0n) is 11.4. The van der Waals surface area contributed by atoms with Gasteiger partial charge in [0.2, 0.25) is 10.0 Å². The normalized spacial score (nSPS) is 11.6. The molecule has 0 spiro atoms. The summed E-state index contributed by atoms with van der Waals surface area (Å²) in [5, 5.41) is 0. The summed E-state index contributed by atoms with van der Waals surface area (Å²) in [6.45, 7) is 1.72. The first-order chi connectivity index (χ1) is 9.88. The lowest BCUT2D eigenvalue weighted by Crippen LogP contribution is -2.26. The van der Waals surface area contributed by atoms with Crippen LogP contribution in [0.1, 0.15) is 11.1 Å². The Kier molecular flexibility index (Phi) is 4.69. The molecule has 21 heavy (non-hydrogen) atoms. The van der Waals surface area contributed by atoms with Crippen LogP contribution in [0.4, 0.5) is 8.78 Å². The third-order valence-electron chi connectivity index (χ3n) is 3.05. The Hall–Kier alpha value is -1.79. The van der Waals surface area contributed by atoms with E-state index in [0.29, 0.717) is 12.0 Å². The van der Waals surface area contributed by atoms with E-state index in [-0.39, 0.29) is 17.3 Å². The fourth-order valence-corrected chi connectivity index (χ4v) is 3.23. The highest BCUT2D eigenvalue weighted by atomic mass is 32.2. The fourth-order valence-electron chi connectivity index (χ4n) is 1.97. The lowest BCUT2D eigenvalue weighted by molar-refractivity contribution is 0.579. The first-order valence-corrected chi connectivity index (χ1v) is 7.87. The Balaban J connectivity index is 2.03. The smallest absolute Gasteiger partial charge is 0.211 e. The van der Waals surface area contributed by atoms with Crippen LogP contribution in [0.15, 0.2) is 47.4 Å². The first-order valence-electron chi connectivity index (χ1n) is 6.39. The summed E-state index contributed by atoms with van der Waals surface area (Å²) in [6.07, 6.45) is 0.444. The minimum atomic E-state index is -3.68. The third kappa shape index (κ3) is 4.09. The summed E-state index contributed by atoms with van der Waals surface area (Å²) in [5.74, 6) is -0.806. The van der Waals surface area contributed by atoms with Gasteiger partial charge in [0, 0.05) is 6.54 Å². The van der Waals surface area contributed by atoms with E-state index in [1.54, 1.807) is 12.1 Å². The molecule has 0 fully saturated rings. The van der Waals surface area contributed by atoms with Gasteiger partial charge in [0.15, 0.2) is 0 Å². The van der Waals surface area contributed by atoms with E-state index < -0.39 is 15.8 Å². The molecule has 0 atom stereocenters.